The van der Waals surface area contributed by atoms with Gasteiger partial charge in [0, 0.05) is 12.7 Å². The van der Waals surface area contributed by atoms with Crippen LogP contribution in [-0.2, 0) is 24.8 Å². The fourth-order valence-corrected chi connectivity index (χ4v) is 4.30. The molecule has 0 fully saturated rings. The zero-order chi connectivity index (χ0) is 22.0. The molecule has 2 rings (SSSR count). The monoisotopic (exact) mass is 443 g/mol. The molecule has 0 aliphatic rings. The van der Waals surface area contributed by atoms with Crippen LogP contribution in [0.5, 0.6) is 0 Å². The lowest BCUT2D eigenvalue weighted by molar-refractivity contribution is -0.116. The van der Waals surface area contributed by atoms with Crippen LogP contribution in [0.25, 0.3) is 0 Å². The Hall–Kier alpha value is -2.66. The molecule has 0 unspecified atom stereocenters. The molecule has 0 aromatic heterocycles. The van der Waals surface area contributed by atoms with Crippen LogP contribution < -0.4 is 13.9 Å². The van der Waals surface area contributed by atoms with Gasteiger partial charge in [0.2, 0.25) is 26.0 Å². The lowest BCUT2D eigenvalue weighted by atomic mass is 10.2. The van der Waals surface area contributed by atoms with Crippen molar-refractivity contribution in [1.29, 1.82) is 0 Å². The van der Waals surface area contributed by atoms with Crippen LogP contribution in [-0.4, -0.2) is 48.3 Å². The van der Waals surface area contributed by atoms with Gasteiger partial charge in [-0.1, -0.05) is 18.2 Å². The molecule has 0 saturated carbocycles. The number of carbonyl (C=O) groups excluding carboxylic acids is 1. The molecule has 11 heteroatoms. The standard InChI is InChI=1S/C18H22FN3O5S2/c1-13(22(29(4,26)27)17-11-6-5-10-16(17)19)18(23)20-14-8-7-9-15(12-14)21(2)28(3,24)25/h5-13H,1-4H3,(H,20,23)/t13-/m0/s1. The highest BCUT2D eigenvalue weighted by Gasteiger charge is 2.31. The van der Waals surface area contributed by atoms with E-state index in [4.69, 9.17) is 0 Å². The average Bonchev–Trinajstić information content (AvgIpc) is 2.61. The van der Waals surface area contributed by atoms with Crippen LogP contribution in [0.4, 0.5) is 21.5 Å². The van der Waals surface area contributed by atoms with Gasteiger partial charge in [-0.05, 0) is 37.3 Å². The highest BCUT2D eigenvalue weighted by molar-refractivity contribution is 7.92. The van der Waals surface area contributed by atoms with E-state index < -0.39 is 37.8 Å². The third-order valence-corrected chi connectivity index (χ3v) is 6.59. The Morgan fingerprint density at radius 1 is 1.00 bits per heavy atom. The van der Waals surface area contributed by atoms with Crippen LogP contribution in [0.15, 0.2) is 48.5 Å². The maximum atomic E-state index is 14.2. The molecule has 0 heterocycles. The summed E-state index contributed by atoms with van der Waals surface area (Å²) in [7, 11) is -6.11. The van der Waals surface area contributed by atoms with Gasteiger partial charge < -0.3 is 5.32 Å². The van der Waals surface area contributed by atoms with Gasteiger partial charge in [0.1, 0.15) is 11.9 Å². The number of hydrogen-bond acceptors (Lipinski definition) is 5. The zero-order valence-corrected chi connectivity index (χ0v) is 18.0. The predicted molar refractivity (Wildman–Crippen MR) is 112 cm³/mol. The lowest BCUT2D eigenvalue weighted by Crippen LogP contribution is -2.45. The third kappa shape index (κ3) is 5.45. The van der Waals surface area contributed by atoms with Crippen molar-refractivity contribution in [2.75, 3.05) is 33.5 Å². The Kier molecular flexibility index (Phi) is 6.53. The number of halogens is 1. The third-order valence-electron chi connectivity index (χ3n) is 4.15. The topological polar surface area (TPSA) is 104 Å². The van der Waals surface area contributed by atoms with Crippen molar-refractivity contribution in [3.63, 3.8) is 0 Å². The first kappa shape index (κ1) is 22.6. The molecule has 2 aromatic rings. The molecule has 0 bridgehead atoms. The molecule has 1 amide bonds. The van der Waals surface area contributed by atoms with Crippen molar-refractivity contribution in [2.24, 2.45) is 0 Å². The molecule has 1 N–H and O–H groups in total. The Morgan fingerprint density at radius 2 is 1.62 bits per heavy atom. The van der Waals surface area contributed by atoms with Crippen molar-refractivity contribution in [3.8, 4) is 0 Å². The summed E-state index contributed by atoms with van der Waals surface area (Å²) in [5.74, 6) is -1.49. The molecular formula is C18H22FN3O5S2. The Bertz CT molecular complexity index is 1120. The molecular weight excluding hydrogens is 421 g/mol. The first-order chi connectivity index (χ1) is 13.3. The summed E-state index contributed by atoms with van der Waals surface area (Å²) < 4.78 is 63.8. The highest BCUT2D eigenvalue weighted by Crippen LogP contribution is 2.25. The molecule has 0 radical (unpaired) electrons. The molecule has 1 atom stereocenters. The summed E-state index contributed by atoms with van der Waals surface area (Å²) in [6.07, 6.45) is 1.92. The smallest absolute Gasteiger partial charge is 0.247 e. The fraction of sp³-hybridized carbons (Fsp3) is 0.278. The number of amides is 1. The number of benzene rings is 2. The van der Waals surface area contributed by atoms with Crippen LogP contribution in [0, 0.1) is 5.82 Å². The summed E-state index contributed by atoms with van der Waals surface area (Å²) >= 11 is 0. The predicted octanol–water partition coefficient (Wildman–Crippen LogP) is 2.01. The van der Waals surface area contributed by atoms with E-state index in [2.05, 4.69) is 5.32 Å². The number of anilines is 3. The largest absolute Gasteiger partial charge is 0.324 e. The molecule has 29 heavy (non-hydrogen) atoms. The first-order valence-electron chi connectivity index (χ1n) is 8.41. The van der Waals surface area contributed by atoms with Crippen molar-refractivity contribution >= 4 is 43.0 Å². The lowest BCUT2D eigenvalue weighted by Gasteiger charge is -2.28. The highest BCUT2D eigenvalue weighted by atomic mass is 32.2. The summed E-state index contributed by atoms with van der Waals surface area (Å²) in [5.41, 5.74) is 0.326. The molecule has 158 valence electrons. The Morgan fingerprint density at radius 3 is 2.17 bits per heavy atom. The van der Waals surface area contributed by atoms with Crippen molar-refractivity contribution in [1.82, 2.24) is 0 Å². The zero-order valence-electron chi connectivity index (χ0n) is 16.3. The quantitative estimate of drug-likeness (QED) is 0.705. The molecule has 8 nitrogen and oxygen atoms in total. The Labute approximate surface area is 170 Å². The van der Waals surface area contributed by atoms with E-state index in [-0.39, 0.29) is 11.4 Å². The maximum Gasteiger partial charge on any atom is 0.247 e. The maximum absolute atomic E-state index is 14.2. The number of sulfonamides is 2. The second kappa shape index (κ2) is 8.37. The number of hydrogen-bond donors (Lipinski definition) is 1. The van der Waals surface area contributed by atoms with Crippen LogP contribution >= 0.6 is 0 Å². The molecule has 0 aliphatic carbocycles. The number of rotatable bonds is 7. The molecule has 0 spiro atoms. The molecule has 2 aromatic carbocycles. The van der Waals surface area contributed by atoms with Gasteiger partial charge in [-0.25, -0.2) is 21.2 Å². The summed E-state index contributed by atoms with van der Waals surface area (Å²) in [6, 6.07) is 10.0. The second-order valence-electron chi connectivity index (χ2n) is 6.46. The van der Waals surface area contributed by atoms with Gasteiger partial charge >= 0.3 is 0 Å². The van der Waals surface area contributed by atoms with E-state index in [1.165, 1.54) is 44.3 Å². The van der Waals surface area contributed by atoms with E-state index in [1.807, 2.05) is 0 Å². The van der Waals surface area contributed by atoms with Crippen molar-refractivity contribution in [3.05, 3.63) is 54.3 Å². The van der Waals surface area contributed by atoms with Crippen LogP contribution in [0.1, 0.15) is 6.92 Å². The number of para-hydroxylation sites is 1. The minimum atomic E-state index is -3.97. The van der Waals surface area contributed by atoms with Gasteiger partial charge in [-0.2, -0.15) is 0 Å². The number of nitrogens with zero attached hydrogens (tertiary/aromatic N) is 2. The van der Waals surface area contributed by atoms with Crippen LogP contribution in [0.2, 0.25) is 0 Å². The average molecular weight is 444 g/mol. The van der Waals surface area contributed by atoms with E-state index in [0.717, 1.165) is 22.9 Å². The van der Waals surface area contributed by atoms with Gasteiger partial charge in [-0.3, -0.25) is 13.4 Å². The summed E-state index contributed by atoms with van der Waals surface area (Å²) in [6.45, 7) is 1.33. The SMILES string of the molecule is C[C@@H](C(=O)Nc1cccc(N(C)S(C)(=O)=O)c1)N(c1ccccc1F)S(C)(=O)=O. The number of carbonyl (C=O) groups is 1. The minimum absolute atomic E-state index is 0.247. The van der Waals surface area contributed by atoms with E-state index in [0.29, 0.717) is 9.99 Å². The molecule has 0 saturated heterocycles. The van der Waals surface area contributed by atoms with E-state index >= 15 is 0 Å². The minimum Gasteiger partial charge on any atom is -0.324 e. The Balaban J connectivity index is 2.33. The van der Waals surface area contributed by atoms with Crippen molar-refractivity contribution in [2.45, 2.75) is 13.0 Å². The van der Waals surface area contributed by atoms with Gasteiger partial charge in [0.05, 0.1) is 23.9 Å². The first-order valence-corrected chi connectivity index (χ1v) is 12.1. The van der Waals surface area contributed by atoms with Gasteiger partial charge in [0.15, 0.2) is 0 Å². The summed E-state index contributed by atoms with van der Waals surface area (Å²) in [5, 5.41) is 2.54. The fourth-order valence-electron chi connectivity index (χ4n) is 2.63. The van der Waals surface area contributed by atoms with Gasteiger partial charge in [0.25, 0.3) is 0 Å². The second-order valence-corrected chi connectivity index (χ2v) is 10.3. The number of nitrogens with one attached hydrogen (secondary N) is 1. The van der Waals surface area contributed by atoms with Crippen LogP contribution in [0.3, 0.4) is 0 Å². The van der Waals surface area contributed by atoms with Crippen molar-refractivity contribution < 1.29 is 26.0 Å². The summed E-state index contributed by atoms with van der Waals surface area (Å²) in [4.78, 5) is 12.7. The molecule has 0 aliphatic heterocycles. The van der Waals surface area contributed by atoms with Gasteiger partial charge in [-0.15, -0.1) is 0 Å². The van der Waals surface area contributed by atoms with E-state index in [9.17, 15) is 26.0 Å². The van der Waals surface area contributed by atoms with E-state index in [1.54, 1.807) is 12.1 Å². The normalized spacial score (nSPS) is 12.9.